The van der Waals surface area contributed by atoms with Gasteiger partial charge >= 0.3 is 0 Å². The molecule has 2 aromatic rings. The van der Waals surface area contributed by atoms with Crippen molar-refractivity contribution in [1.29, 1.82) is 0 Å². The molecule has 3 aliphatic rings. The van der Waals surface area contributed by atoms with E-state index in [9.17, 15) is 8.42 Å². The Morgan fingerprint density at radius 3 is 2.50 bits per heavy atom. The van der Waals surface area contributed by atoms with Crippen LogP contribution in [0.5, 0.6) is 0 Å². The molecule has 0 spiro atoms. The lowest BCUT2D eigenvalue weighted by molar-refractivity contribution is 0.0826. The zero-order valence-corrected chi connectivity index (χ0v) is 25.2. The summed E-state index contributed by atoms with van der Waals surface area (Å²) in [5, 5.41) is 4.15. The smallest absolute Gasteiger partial charge is 0.257 e. The normalized spacial score (nSPS) is 25.6. The van der Waals surface area contributed by atoms with Gasteiger partial charge in [-0.15, -0.1) is 0 Å². The Balaban J connectivity index is 1.36. The molecule has 1 aromatic heterocycles. The van der Waals surface area contributed by atoms with Crippen molar-refractivity contribution in [3.05, 3.63) is 41.8 Å². The Bertz CT molecular complexity index is 1400. The van der Waals surface area contributed by atoms with Crippen LogP contribution in [-0.4, -0.2) is 57.9 Å². The number of fused-ring (bicyclic) bond motifs is 2. The van der Waals surface area contributed by atoms with Gasteiger partial charge in [0, 0.05) is 42.4 Å². The molecule has 0 radical (unpaired) electrons. The zero-order chi connectivity index (χ0) is 28.6. The maximum Gasteiger partial charge on any atom is 0.257 e. The number of nitrogens with zero attached hydrogens (tertiary/aromatic N) is 5. The van der Waals surface area contributed by atoms with Gasteiger partial charge in [-0.1, -0.05) is 37.2 Å². The lowest BCUT2D eigenvalue weighted by atomic mass is 9.91. The fourth-order valence-electron chi connectivity index (χ4n) is 5.89. The van der Waals surface area contributed by atoms with Crippen LogP contribution in [-0.2, 0) is 14.8 Å². The van der Waals surface area contributed by atoms with Crippen molar-refractivity contribution in [2.45, 2.75) is 96.1 Å². The van der Waals surface area contributed by atoms with E-state index in [4.69, 9.17) is 25.9 Å². The third kappa shape index (κ3) is 5.90. The maximum atomic E-state index is 13.1. The number of hydrogen-bond donors (Lipinski definition) is 0. The first-order valence-electron chi connectivity index (χ1n) is 14.2. The lowest BCUT2D eigenvalue weighted by Crippen LogP contribution is -2.50. The van der Waals surface area contributed by atoms with Crippen molar-refractivity contribution in [1.82, 2.24) is 14.4 Å². The average Bonchev–Trinajstić information content (AvgIpc) is 3.65. The van der Waals surface area contributed by atoms with Crippen LogP contribution in [0.3, 0.4) is 0 Å². The minimum absolute atomic E-state index is 0.00250. The molecule has 4 unspecified atom stereocenters. The van der Waals surface area contributed by atoms with E-state index in [1.165, 1.54) is 6.20 Å². The maximum absolute atomic E-state index is 13.1. The van der Waals surface area contributed by atoms with Crippen molar-refractivity contribution < 1.29 is 17.7 Å². The molecular formula is C29H38ClN5O4S. The van der Waals surface area contributed by atoms with Crippen molar-refractivity contribution in [2.24, 2.45) is 21.8 Å². The molecule has 2 aliphatic heterocycles. The quantitative estimate of drug-likeness (QED) is 0.232. The summed E-state index contributed by atoms with van der Waals surface area (Å²) in [6.07, 6.45) is 6.95. The second-order valence-electron chi connectivity index (χ2n) is 11.2. The molecule has 3 fully saturated rings. The number of aryl methyl sites for hydroxylation is 1. The molecular weight excluding hydrogens is 550 g/mol. The molecule has 1 aliphatic carbocycles. The molecule has 11 heteroatoms. The largest absolute Gasteiger partial charge is 0.477 e. The number of sulfonamides is 1. The Labute approximate surface area is 241 Å². The van der Waals surface area contributed by atoms with Gasteiger partial charge in [-0.2, -0.15) is 9.29 Å². The molecule has 3 heterocycles. The molecule has 4 atom stereocenters. The minimum Gasteiger partial charge on any atom is -0.477 e. The van der Waals surface area contributed by atoms with Gasteiger partial charge in [0.1, 0.15) is 6.10 Å². The topological polar surface area (TPSA) is 110 Å². The van der Waals surface area contributed by atoms with Crippen LogP contribution in [0.2, 0.25) is 5.02 Å². The minimum atomic E-state index is -3.20. The SMILES string of the molecule is C=CN=C(OC1CC2CCC(C1)N2S(=O)(=O)C1CC1)C(C)C(=Nc1ccc(-c2nc(C)no2)cc1Cl)C(C)CC. The van der Waals surface area contributed by atoms with Crippen LogP contribution in [0.15, 0.2) is 45.5 Å². The predicted octanol–water partition coefficient (Wildman–Crippen LogP) is 6.50. The van der Waals surface area contributed by atoms with E-state index in [0.29, 0.717) is 41.2 Å². The van der Waals surface area contributed by atoms with Gasteiger partial charge in [-0.3, -0.25) is 4.99 Å². The van der Waals surface area contributed by atoms with Crippen LogP contribution >= 0.6 is 11.6 Å². The number of piperidine rings is 1. The summed E-state index contributed by atoms with van der Waals surface area (Å²) in [4.78, 5) is 13.8. The third-order valence-corrected chi connectivity index (χ3v) is 11.1. The fourth-order valence-corrected chi connectivity index (χ4v) is 8.41. The summed E-state index contributed by atoms with van der Waals surface area (Å²) >= 11 is 6.67. The van der Waals surface area contributed by atoms with E-state index in [-0.39, 0.29) is 35.3 Å². The fraction of sp³-hybridized carbons (Fsp3) is 0.586. The first-order valence-corrected chi connectivity index (χ1v) is 16.1. The van der Waals surface area contributed by atoms with Gasteiger partial charge in [0.15, 0.2) is 11.7 Å². The van der Waals surface area contributed by atoms with Crippen LogP contribution < -0.4 is 0 Å². The van der Waals surface area contributed by atoms with E-state index < -0.39 is 10.0 Å². The van der Waals surface area contributed by atoms with Gasteiger partial charge in [0.2, 0.25) is 10.0 Å². The summed E-state index contributed by atoms with van der Waals surface area (Å²) in [6.45, 7) is 11.9. The van der Waals surface area contributed by atoms with Crippen LogP contribution in [0.4, 0.5) is 5.69 Å². The Morgan fingerprint density at radius 1 is 1.25 bits per heavy atom. The number of rotatable bonds is 10. The van der Waals surface area contributed by atoms with Crippen molar-refractivity contribution in [3.8, 4) is 11.5 Å². The molecule has 0 amide bonds. The third-order valence-electron chi connectivity index (χ3n) is 8.27. The molecule has 40 heavy (non-hydrogen) atoms. The first-order chi connectivity index (χ1) is 19.1. The van der Waals surface area contributed by atoms with E-state index >= 15 is 0 Å². The summed E-state index contributed by atoms with van der Waals surface area (Å²) in [7, 11) is -3.20. The number of hydrogen-bond acceptors (Lipinski definition) is 8. The molecule has 2 saturated heterocycles. The zero-order valence-electron chi connectivity index (χ0n) is 23.6. The summed E-state index contributed by atoms with van der Waals surface area (Å²) in [6, 6.07) is 5.49. The van der Waals surface area contributed by atoms with Gasteiger partial charge in [-0.25, -0.2) is 13.4 Å². The molecule has 5 rings (SSSR count). The number of halogens is 1. The lowest BCUT2D eigenvalue weighted by Gasteiger charge is -2.38. The number of aromatic nitrogens is 2. The molecule has 0 N–H and O–H groups in total. The van der Waals surface area contributed by atoms with Gasteiger partial charge < -0.3 is 9.26 Å². The Hall–Kier alpha value is -2.56. The Kier molecular flexibility index (Phi) is 8.50. The molecule has 9 nitrogen and oxygen atoms in total. The summed E-state index contributed by atoms with van der Waals surface area (Å²) < 4.78 is 39.8. The van der Waals surface area contributed by atoms with Crippen molar-refractivity contribution in [2.75, 3.05) is 0 Å². The van der Waals surface area contributed by atoms with E-state index in [1.807, 2.05) is 23.4 Å². The predicted molar refractivity (Wildman–Crippen MR) is 158 cm³/mol. The highest BCUT2D eigenvalue weighted by atomic mass is 35.5. The van der Waals surface area contributed by atoms with Crippen LogP contribution in [0.25, 0.3) is 11.5 Å². The van der Waals surface area contributed by atoms with Gasteiger partial charge in [0.25, 0.3) is 5.89 Å². The van der Waals surface area contributed by atoms with E-state index in [2.05, 4.69) is 35.6 Å². The highest BCUT2D eigenvalue weighted by Crippen LogP contribution is 2.44. The standard InChI is InChI=1S/C29H38ClN5O4S/c1-6-17(3)27(33-26-13-8-20(14-25(26)30)29-32-19(5)34-39-29)18(4)28(31-7-2)38-23-15-21-9-10-22(16-23)35(21)40(36,37)24-11-12-24/h7-8,13-14,17-18,21-24H,2,6,9-12,15-16H2,1,3-5H3. The summed E-state index contributed by atoms with van der Waals surface area (Å²) in [5.74, 6) is 1.42. The van der Waals surface area contributed by atoms with Crippen molar-refractivity contribution >= 4 is 38.9 Å². The number of benzene rings is 1. The molecule has 1 aromatic carbocycles. The highest BCUT2D eigenvalue weighted by Gasteiger charge is 2.52. The number of ether oxygens (including phenoxy) is 1. The molecule has 1 saturated carbocycles. The average molecular weight is 588 g/mol. The highest BCUT2D eigenvalue weighted by molar-refractivity contribution is 7.90. The first kappa shape index (κ1) is 29.0. The molecule has 216 valence electrons. The van der Waals surface area contributed by atoms with Crippen LogP contribution in [0, 0.1) is 18.8 Å². The monoisotopic (exact) mass is 587 g/mol. The van der Waals surface area contributed by atoms with E-state index in [1.54, 1.807) is 13.0 Å². The van der Waals surface area contributed by atoms with Gasteiger partial charge in [0.05, 0.1) is 21.9 Å². The second-order valence-corrected chi connectivity index (χ2v) is 13.7. The Morgan fingerprint density at radius 2 is 1.95 bits per heavy atom. The van der Waals surface area contributed by atoms with Crippen LogP contribution in [0.1, 0.15) is 71.5 Å². The number of aliphatic imine (C=N–C) groups is 2. The van der Waals surface area contributed by atoms with Gasteiger partial charge in [-0.05, 0) is 70.1 Å². The molecule has 2 bridgehead atoms. The van der Waals surface area contributed by atoms with Crippen molar-refractivity contribution in [3.63, 3.8) is 0 Å². The summed E-state index contributed by atoms with van der Waals surface area (Å²) in [5.41, 5.74) is 2.27. The van der Waals surface area contributed by atoms with E-state index in [0.717, 1.165) is 43.4 Å². The second kappa shape index (κ2) is 11.7.